The van der Waals surface area contributed by atoms with Crippen molar-refractivity contribution in [2.24, 2.45) is 0 Å². The molecule has 0 aliphatic carbocycles. The Kier molecular flexibility index (Phi) is 4.26. The van der Waals surface area contributed by atoms with E-state index in [4.69, 9.17) is 0 Å². The first-order chi connectivity index (χ1) is 14.9. The molecule has 0 radical (unpaired) electrons. The quantitative estimate of drug-likeness (QED) is 0.417. The molecule has 2 aliphatic heterocycles. The van der Waals surface area contributed by atoms with E-state index in [2.05, 4.69) is 108 Å². The summed E-state index contributed by atoms with van der Waals surface area (Å²) in [7, 11) is 0. The molecule has 2 atom stereocenters. The molecule has 0 saturated carbocycles. The Morgan fingerprint density at radius 3 is 1.27 bits per heavy atom. The molecule has 0 bridgehead atoms. The Bertz CT molecular complexity index is 1130. The van der Waals surface area contributed by atoms with E-state index in [9.17, 15) is 0 Å². The van der Waals surface area contributed by atoms with Crippen molar-refractivity contribution in [2.45, 2.75) is 25.2 Å². The van der Waals surface area contributed by atoms with E-state index >= 15 is 0 Å². The summed E-state index contributed by atoms with van der Waals surface area (Å²) in [4.78, 5) is 0. The first-order valence-electron chi connectivity index (χ1n) is 10.7. The second kappa shape index (κ2) is 7.24. The van der Waals surface area contributed by atoms with E-state index in [1.54, 1.807) is 0 Å². The Morgan fingerprint density at radius 2 is 0.800 bits per heavy atom. The average Bonchev–Trinajstić information content (AvgIpc) is 3.08. The summed E-state index contributed by atoms with van der Waals surface area (Å²) in [5, 5.41) is 7.79. The van der Waals surface area contributed by atoms with Crippen LogP contribution >= 0.6 is 0 Å². The van der Waals surface area contributed by atoms with Crippen LogP contribution in [0, 0.1) is 0 Å². The van der Waals surface area contributed by atoms with Gasteiger partial charge >= 0.3 is 0 Å². The van der Waals surface area contributed by atoms with Gasteiger partial charge in [-0.2, -0.15) is 0 Å². The Morgan fingerprint density at radius 1 is 0.433 bits per heavy atom. The molecule has 0 aromatic heterocycles. The van der Waals surface area contributed by atoms with Crippen LogP contribution in [0.25, 0.3) is 22.3 Å². The third kappa shape index (κ3) is 2.80. The van der Waals surface area contributed by atoms with Gasteiger partial charge in [-0.1, -0.05) is 97.1 Å². The molecule has 2 unspecified atom stereocenters. The molecule has 0 fully saturated rings. The van der Waals surface area contributed by atoms with Crippen LogP contribution in [0.15, 0.2) is 97.1 Å². The Balaban J connectivity index is 1.52. The van der Waals surface area contributed by atoms with E-state index in [1.807, 2.05) is 0 Å². The van der Waals surface area contributed by atoms with Crippen molar-refractivity contribution < 1.29 is 0 Å². The van der Waals surface area contributed by atoms with Crippen LogP contribution in [0.1, 0.15) is 34.3 Å². The van der Waals surface area contributed by atoms with Gasteiger partial charge in [-0.3, -0.25) is 0 Å². The van der Waals surface area contributed by atoms with Crippen LogP contribution in [-0.2, 0) is 13.1 Å². The van der Waals surface area contributed by atoms with Crippen molar-refractivity contribution in [3.05, 3.63) is 119 Å². The maximum atomic E-state index is 3.90. The monoisotopic (exact) mass is 388 g/mol. The van der Waals surface area contributed by atoms with Crippen molar-refractivity contribution >= 4 is 0 Å². The molecule has 146 valence electrons. The fourth-order valence-corrected chi connectivity index (χ4v) is 5.16. The molecule has 30 heavy (non-hydrogen) atoms. The van der Waals surface area contributed by atoms with Crippen molar-refractivity contribution in [2.75, 3.05) is 0 Å². The molecule has 2 heteroatoms. The number of benzene rings is 4. The first-order valence-corrected chi connectivity index (χ1v) is 10.7. The number of fused-ring (bicyclic) bond motifs is 6. The van der Waals surface area contributed by atoms with E-state index < -0.39 is 0 Å². The van der Waals surface area contributed by atoms with Gasteiger partial charge in [-0.25, -0.2) is 0 Å². The van der Waals surface area contributed by atoms with E-state index in [-0.39, 0.29) is 12.1 Å². The molecule has 4 aromatic carbocycles. The van der Waals surface area contributed by atoms with E-state index in [0.29, 0.717) is 0 Å². The highest BCUT2D eigenvalue weighted by atomic mass is 15.0. The summed E-state index contributed by atoms with van der Waals surface area (Å²) in [5.41, 5.74) is 10.8. The number of hydrogen-bond acceptors (Lipinski definition) is 2. The second-order valence-corrected chi connectivity index (χ2v) is 8.21. The highest BCUT2D eigenvalue weighted by molar-refractivity contribution is 5.75. The van der Waals surface area contributed by atoms with Gasteiger partial charge in [0, 0.05) is 13.1 Å². The Hall–Kier alpha value is -3.20. The second-order valence-electron chi connectivity index (χ2n) is 8.21. The third-order valence-electron chi connectivity index (χ3n) is 6.56. The summed E-state index contributed by atoms with van der Waals surface area (Å²) in [5.74, 6) is 0. The molecule has 0 amide bonds. The lowest BCUT2D eigenvalue weighted by atomic mass is 9.86. The minimum atomic E-state index is 0.184. The van der Waals surface area contributed by atoms with Crippen LogP contribution in [-0.4, -0.2) is 0 Å². The molecule has 2 heterocycles. The molecule has 2 N–H and O–H groups in total. The summed E-state index contributed by atoms with van der Waals surface area (Å²) < 4.78 is 0. The van der Waals surface area contributed by atoms with Crippen LogP contribution in [0.2, 0.25) is 0 Å². The third-order valence-corrected chi connectivity index (χ3v) is 6.56. The molecular weight excluding hydrogens is 364 g/mol. The van der Waals surface area contributed by atoms with Crippen LogP contribution in [0.3, 0.4) is 0 Å². The molecule has 0 spiro atoms. The number of rotatable bonds is 1. The van der Waals surface area contributed by atoms with Gasteiger partial charge in [0.05, 0.1) is 12.1 Å². The molecule has 0 saturated heterocycles. The van der Waals surface area contributed by atoms with E-state index in [0.717, 1.165) is 13.1 Å². The fraction of sp³-hybridized carbons (Fsp3) is 0.143. The predicted molar refractivity (Wildman–Crippen MR) is 123 cm³/mol. The molecule has 4 aromatic rings. The normalized spacial score (nSPS) is 19.5. The van der Waals surface area contributed by atoms with Gasteiger partial charge in [0.15, 0.2) is 0 Å². The molecule has 2 nitrogen and oxygen atoms in total. The topological polar surface area (TPSA) is 24.1 Å². The van der Waals surface area contributed by atoms with Crippen LogP contribution in [0.5, 0.6) is 0 Å². The van der Waals surface area contributed by atoms with Gasteiger partial charge in [0.2, 0.25) is 0 Å². The minimum Gasteiger partial charge on any atom is -0.304 e. The van der Waals surface area contributed by atoms with Crippen molar-refractivity contribution in [3.8, 4) is 22.3 Å². The van der Waals surface area contributed by atoms with Gasteiger partial charge in [0.1, 0.15) is 0 Å². The van der Waals surface area contributed by atoms with Gasteiger partial charge in [-0.15, -0.1) is 0 Å². The number of nitrogens with one attached hydrogen (secondary N) is 2. The van der Waals surface area contributed by atoms with Gasteiger partial charge in [0.25, 0.3) is 0 Å². The average molecular weight is 389 g/mol. The highest BCUT2D eigenvalue weighted by Gasteiger charge is 2.32. The van der Waals surface area contributed by atoms with E-state index in [1.165, 1.54) is 44.5 Å². The Labute approximate surface area is 177 Å². The summed E-state index contributed by atoms with van der Waals surface area (Å²) in [6.07, 6.45) is 0. The summed E-state index contributed by atoms with van der Waals surface area (Å²) in [6, 6.07) is 35.7. The van der Waals surface area contributed by atoms with Crippen molar-refractivity contribution in [1.82, 2.24) is 10.6 Å². The zero-order chi connectivity index (χ0) is 19.9. The van der Waals surface area contributed by atoms with Gasteiger partial charge in [-0.05, 0) is 44.5 Å². The standard InChI is InChI=1S/C28H24N2/c1-3-11-21-19(9-1)17-29-27(25-15-7-5-13-23(21)25)28-26-16-8-6-14-24(26)22-12-4-2-10-20(22)18-30-28/h1-16,27-30H,17-18H2. The maximum absolute atomic E-state index is 3.90. The summed E-state index contributed by atoms with van der Waals surface area (Å²) in [6.45, 7) is 1.73. The highest BCUT2D eigenvalue weighted by Crippen LogP contribution is 2.43. The SMILES string of the molecule is c1ccc2c(c1)CNC(C1NCc3ccccc3-c3ccccc31)c1ccccc1-2. The van der Waals surface area contributed by atoms with Crippen LogP contribution in [0.4, 0.5) is 0 Å². The fourth-order valence-electron chi connectivity index (χ4n) is 5.16. The smallest absolute Gasteiger partial charge is 0.0527 e. The largest absolute Gasteiger partial charge is 0.304 e. The van der Waals surface area contributed by atoms with Gasteiger partial charge < -0.3 is 10.6 Å². The van der Waals surface area contributed by atoms with Crippen molar-refractivity contribution in [1.29, 1.82) is 0 Å². The number of hydrogen-bond donors (Lipinski definition) is 2. The molecule has 6 rings (SSSR count). The maximum Gasteiger partial charge on any atom is 0.0527 e. The van der Waals surface area contributed by atoms with Crippen LogP contribution < -0.4 is 10.6 Å². The first kappa shape index (κ1) is 17.6. The lowest BCUT2D eigenvalue weighted by Gasteiger charge is -2.30. The zero-order valence-electron chi connectivity index (χ0n) is 16.8. The minimum absolute atomic E-state index is 0.184. The lowest BCUT2D eigenvalue weighted by molar-refractivity contribution is 0.387. The zero-order valence-corrected chi connectivity index (χ0v) is 16.8. The molecular formula is C28H24N2. The lowest BCUT2D eigenvalue weighted by Crippen LogP contribution is -2.34. The summed E-state index contributed by atoms with van der Waals surface area (Å²) >= 11 is 0. The molecule has 2 aliphatic rings. The predicted octanol–water partition coefficient (Wildman–Crippen LogP) is 6.01. The van der Waals surface area contributed by atoms with Crippen molar-refractivity contribution in [3.63, 3.8) is 0 Å².